The summed E-state index contributed by atoms with van der Waals surface area (Å²) in [7, 11) is 1.11. The minimum Gasteiger partial charge on any atom is -0.467 e. The third-order valence-corrected chi connectivity index (χ3v) is 1.75. The fraction of sp³-hybridized carbons (Fsp3) is 0.182. The number of methoxy groups -OCH3 is 1. The molecule has 0 aliphatic rings. The van der Waals surface area contributed by atoms with Gasteiger partial charge in [-0.15, -0.1) is 0 Å². The molecule has 1 atom stereocenters. The van der Waals surface area contributed by atoms with Crippen molar-refractivity contribution in [3.63, 3.8) is 0 Å². The topological polar surface area (TPSA) is 26.3 Å². The van der Waals surface area contributed by atoms with Crippen molar-refractivity contribution in [3.05, 3.63) is 41.7 Å². The van der Waals surface area contributed by atoms with E-state index < -0.39 is 12.1 Å². The molecule has 0 heterocycles. The fourth-order valence-electron chi connectivity index (χ4n) is 0.961. The van der Waals surface area contributed by atoms with E-state index in [0.29, 0.717) is 5.56 Å². The zero-order chi connectivity index (χ0) is 11.3. The number of alkyl halides is 1. The van der Waals surface area contributed by atoms with E-state index >= 15 is 0 Å². The Hall–Kier alpha value is -1.71. The molecule has 80 valence electrons. The Morgan fingerprint density at radius 1 is 1.40 bits per heavy atom. The Morgan fingerprint density at radius 2 is 2.00 bits per heavy atom. The number of benzene rings is 1. The molecule has 1 rings (SSSR count). The lowest BCUT2D eigenvalue weighted by Gasteiger charge is -1.99. The van der Waals surface area contributed by atoms with Crippen molar-refractivity contribution in [3.8, 4) is 0 Å². The smallest absolute Gasteiger partial charge is 0.344 e. The van der Waals surface area contributed by atoms with Gasteiger partial charge in [-0.1, -0.05) is 18.2 Å². The third-order valence-electron chi connectivity index (χ3n) is 1.75. The molecule has 0 saturated carbocycles. The van der Waals surface area contributed by atoms with Crippen molar-refractivity contribution in [1.29, 1.82) is 0 Å². The molecule has 1 aromatic carbocycles. The van der Waals surface area contributed by atoms with Crippen molar-refractivity contribution in [1.82, 2.24) is 0 Å². The van der Waals surface area contributed by atoms with Gasteiger partial charge in [0.2, 0.25) is 6.17 Å². The van der Waals surface area contributed by atoms with Gasteiger partial charge in [-0.05, 0) is 23.8 Å². The van der Waals surface area contributed by atoms with Crippen LogP contribution in [0.5, 0.6) is 0 Å². The van der Waals surface area contributed by atoms with Gasteiger partial charge < -0.3 is 4.74 Å². The van der Waals surface area contributed by atoms with Gasteiger partial charge in [-0.3, -0.25) is 0 Å². The van der Waals surface area contributed by atoms with Crippen LogP contribution in [0.1, 0.15) is 5.56 Å². The molecule has 0 spiro atoms. The molecule has 0 aliphatic carbocycles. The Labute approximate surface area is 86.2 Å². The van der Waals surface area contributed by atoms with Crippen LogP contribution < -0.4 is 0 Å². The molecule has 15 heavy (non-hydrogen) atoms. The SMILES string of the molecule is COC(=O)[C@@H](F)/C=C\c1ccc(F)cc1. The van der Waals surface area contributed by atoms with Gasteiger partial charge in [0.15, 0.2) is 0 Å². The van der Waals surface area contributed by atoms with Crippen molar-refractivity contribution < 1.29 is 18.3 Å². The highest BCUT2D eigenvalue weighted by molar-refractivity contribution is 5.78. The largest absolute Gasteiger partial charge is 0.467 e. The van der Waals surface area contributed by atoms with E-state index in [0.717, 1.165) is 13.2 Å². The summed E-state index contributed by atoms with van der Waals surface area (Å²) in [6.45, 7) is 0. The second kappa shape index (κ2) is 5.24. The maximum absolute atomic E-state index is 12.9. The van der Waals surface area contributed by atoms with Crippen LogP contribution in [-0.4, -0.2) is 19.3 Å². The molecule has 0 aromatic heterocycles. The van der Waals surface area contributed by atoms with E-state index in [2.05, 4.69) is 4.74 Å². The Kier molecular flexibility index (Phi) is 3.97. The van der Waals surface area contributed by atoms with Crippen LogP contribution in [0.3, 0.4) is 0 Å². The van der Waals surface area contributed by atoms with E-state index in [-0.39, 0.29) is 5.82 Å². The molecule has 0 unspecified atom stereocenters. The first-order valence-corrected chi connectivity index (χ1v) is 4.29. The highest BCUT2D eigenvalue weighted by atomic mass is 19.1. The molecule has 0 N–H and O–H groups in total. The standard InChI is InChI=1S/C11H10F2O2/c1-15-11(14)10(13)7-4-8-2-5-9(12)6-3-8/h2-7,10H,1H3/b7-4-/t10-/m0/s1. The predicted molar refractivity (Wildman–Crippen MR) is 52.3 cm³/mol. The predicted octanol–water partition coefficient (Wildman–Crippen LogP) is 2.35. The summed E-state index contributed by atoms with van der Waals surface area (Å²) in [6.07, 6.45) is 0.653. The van der Waals surface area contributed by atoms with E-state index in [1.165, 1.54) is 30.3 Å². The van der Waals surface area contributed by atoms with E-state index in [1.54, 1.807) is 0 Å². The maximum atomic E-state index is 12.9. The number of hydrogen-bond acceptors (Lipinski definition) is 2. The first-order chi connectivity index (χ1) is 7.13. The van der Waals surface area contributed by atoms with Crippen LogP contribution in [0.15, 0.2) is 30.3 Å². The van der Waals surface area contributed by atoms with Gasteiger partial charge in [0.05, 0.1) is 7.11 Å². The van der Waals surface area contributed by atoms with E-state index in [9.17, 15) is 13.6 Å². The second-order valence-corrected chi connectivity index (χ2v) is 2.84. The monoisotopic (exact) mass is 212 g/mol. The first-order valence-electron chi connectivity index (χ1n) is 4.29. The zero-order valence-electron chi connectivity index (χ0n) is 8.11. The molecule has 4 heteroatoms. The molecule has 0 saturated heterocycles. The summed E-state index contributed by atoms with van der Waals surface area (Å²) < 4.78 is 29.6. The van der Waals surface area contributed by atoms with Crippen LogP contribution in [0.4, 0.5) is 8.78 Å². The molecule has 0 bridgehead atoms. The van der Waals surface area contributed by atoms with Crippen molar-refractivity contribution in [2.24, 2.45) is 0 Å². The fourth-order valence-corrected chi connectivity index (χ4v) is 0.961. The molecule has 0 radical (unpaired) electrons. The first kappa shape index (κ1) is 11.4. The lowest BCUT2D eigenvalue weighted by Crippen LogP contribution is -2.13. The third kappa shape index (κ3) is 3.50. The van der Waals surface area contributed by atoms with Gasteiger partial charge in [-0.25, -0.2) is 13.6 Å². The number of rotatable bonds is 3. The summed E-state index contributed by atoms with van der Waals surface area (Å²) >= 11 is 0. The van der Waals surface area contributed by atoms with Crippen LogP contribution in [0.25, 0.3) is 6.08 Å². The highest BCUT2D eigenvalue weighted by Crippen LogP contribution is 2.06. The Bertz CT molecular complexity index is 357. The van der Waals surface area contributed by atoms with Crippen molar-refractivity contribution >= 4 is 12.0 Å². The van der Waals surface area contributed by atoms with Gasteiger partial charge in [0, 0.05) is 0 Å². The molecule has 0 fully saturated rings. The molecule has 0 aliphatic heterocycles. The quantitative estimate of drug-likeness (QED) is 0.719. The lowest BCUT2D eigenvalue weighted by atomic mass is 10.2. The normalized spacial score (nSPS) is 12.7. The average molecular weight is 212 g/mol. The minimum atomic E-state index is -1.79. The number of ether oxygens (including phenoxy) is 1. The molecular formula is C11H10F2O2. The summed E-state index contributed by atoms with van der Waals surface area (Å²) in [4.78, 5) is 10.7. The van der Waals surface area contributed by atoms with E-state index in [1.807, 2.05) is 0 Å². The second-order valence-electron chi connectivity index (χ2n) is 2.84. The highest BCUT2D eigenvalue weighted by Gasteiger charge is 2.12. The number of hydrogen-bond donors (Lipinski definition) is 0. The van der Waals surface area contributed by atoms with Gasteiger partial charge in [0.1, 0.15) is 5.82 Å². The number of carbonyl (C=O) groups excluding carboxylic acids is 1. The van der Waals surface area contributed by atoms with Crippen LogP contribution in [0.2, 0.25) is 0 Å². The number of halogens is 2. The van der Waals surface area contributed by atoms with Crippen molar-refractivity contribution in [2.45, 2.75) is 6.17 Å². The van der Waals surface area contributed by atoms with Gasteiger partial charge >= 0.3 is 5.97 Å². The number of carbonyl (C=O) groups is 1. The van der Waals surface area contributed by atoms with Gasteiger partial charge in [0.25, 0.3) is 0 Å². The lowest BCUT2D eigenvalue weighted by molar-refractivity contribution is -0.144. The molecule has 2 nitrogen and oxygen atoms in total. The summed E-state index contributed by atoms with van der Waals surface area (Å²) in [6, 6.07) is 5.47. The zero-order valence-corrected chi connectivity index (χ0v) is 8.11. The summed E-state index contributed by atoms with van der Waals surface area (Å²) in [5, 5.41) is 0. The molecular weight excluding hydrogens is 202 g/mol. The molecule has 0 amide bonds. The Morgan fingerprint density at radius 3 is 2.53 bits per heavy atom. The van der Waals surface area contributed by atoms with Crippen LogP contribution >= 0.6 is 0 Å². The van der Waals surface area contributed by atoms with Gasteiger partial charge in [-0.2, -0.15) is 0 Å². The summed E-state index contributed by atoms with van der Waals surface area (Å²) in [5.74, 6) is -1.31. The Balaban J connectivity index is 2.65. The van der Waals surface area contributed by atoms with Crippen molar-refractivity contribution in [2.75, 3.05) is 7.11 Å². The van der Waals surface area contributed by atoms with Crippen LogP contribution in [-0.2, 0) is 9.53 Å². The average Bonchev–Trinajstić information content (AvgIpc) is 2.26. The van der Waals surface area contributed by atoms with Crippen LogP contribution in [0, 0.1) is 5.82 Å². The maximum Gasteiger partial charge on any atom is 0.344 e. The number of esters is 1. The minimum absolute atomic E-state index is 0.364. The summed E-state index contributed by atoms with van der Waals surface area (Å²) in [5.41, 5.74) is 0.614. The molecule has 1 aromatic rings. The van der Waals surface area contributed by atoms with E-state index in [4.69, 9.17) is 0 Å².